The number of aromatic nitrogens is 1. The second kappa shape index (κ2) is 5.27. The maximum atomic E-state index is 12.7. The molecule has 120 valence electrons. The molecule has 0 radical (unpaired) electrons. The molecule has 0 atom stereocenters. The number of phenols is 1. The minimum Gasteiger partial charge on any atom is -0.504 e. The van der Waals surface area contributed by atoms with Gasteiger partial charge in [0.1, 0.15) is 0 Å². The molecule has 0 unspecified atom stereocenters. The van der Waals surface area contributed by atoms with Crippen molar-refractivity contribution in [1.29, 1.82) is 0 Å². The number of H-pyrrole nitrogens is 1. The number of fused-ring (bicyclic) bond motifs is 3. The van der Waals surface area contributed by atoms with E-state index >= 15 is 0 Å². The normalized spacial score (nSPS) is 15.2. The smallest absolute Gasteiger partial charge is 0.205 e. The summed E-state index contributed by atoms with van der Waals surface area (Å²) in [7, 11) is 1.51. The van der Waals surface area contributed by atoms with Gasteiger partial charge in [-0.2, -0.15) is 0 Å². The van der Waals surface area contributed by atoms with Crippen LogP contribution in [0.25, 0.3) is 17.0 Å². The zero-order valence-corrected chi connectivity index (χ0v) is 13.5. The first-order valence-corrected chi connectivity index (χ1v) is 7.80. The van der Waals surface area contributed by atoms with Crippen molar-refractivity contribution in [3.63, 3.8) is 0 Å². The van der Waals surface area contributed by atoms with Crippen LogP contribution in [0.15, 0.2) is 42.0 Å². The highest BCUT2D eigenvalue weighted by atomic mass is 16.5. The number of ketones is 1. The van der Waals surface area contributed by atoms with E-state index in [1.54, 1.807) is 18.2 Å². The van der Waals surface area contributed by atoms with Crippen molar-refractivity contribution in [2.45, 2.75) is 13.3 Å². The number of carbonyl (C=O) groups excluding carboxylic acids is 1. The minimum absolute atomic E-state index is 0.0332. The molecule has 1 heterocycles. The SMILES string of the molecule is COc1cc(/C=C2\Cc3c([nH]c4ccc(C)cc34)C2=O)ccc1O. The van der Waals surface area contributed by atoms with Crippen molar-refractivity contribution in [2.75, 3.05) is 7.11 Å². The third kappa shape index (κ3) is 2.19. The Morgan fingerprint density at radius 3 is 2.83 bits per heavy atom. The Kier molecular flexibility index (Phi) is 3.20. The first-order chi connectivity index (χ1) is 11.6. The molecule has 24 heavy (non-hydrogen) atoms. The number of nitrogens with one attached hydrogen (secondary N) is 1. The molecule has 4 nitrogen and oxygen atoms in total. The number of aromatic hydroxyl groups is 1. The van der Waals surface area contributed by atoms with Gasteiger partial charge in [-0.25, -0.2) is 0 Å². The molecule has 4 heteroatoms. The molecule has 2 N–H and O–H groups in total. The van der Waals surface area contributed by atoms with E-state index in [9.17, 15) is 9.90 Å². The number of carbonyl (C=O) groups is 1. The van der Waals surface area contributed by atoms with Crippen molar-refractivity contribution in [3.8, 4) is 11.5 Å². The zero-order valence-electron chi connectivity index (χ0n) is 13.5. The lowest BCUT2D eigenvalue weighted by molar-refractivity contribution is 0.103. The number of aryl methyl sites for hydroxylation is 1. The number of rotatable bonds is 2. The predicted octanol–water partition coefficient (Wildman–Crippen LogP) is 4.01. The maximum Gasteiger partial charge on any atom is 0.205 e. The molecule has 2 aromatic carbocycles. The molecular formula is C20H17NO3. The van der Waals surface area contributed by atoms with Gasteiger partial charge in [-0.3, -0.25) is 4.79 Å². The Labute approximate surface area is 139 Å². The number of phenolic OH excluding ortho intramolecular Hbond substituents is 1. The standard InChI is InChI=1S/C20H17NO3/c1-11-3-5-16-14(7-11)15-10-13(20(23)19(15)21-16)8-12-4-6-17(22)18(9-12)24-2/h3-9,21-22H,10H2,1-2H3/b13-8+. The van der Waals surface area contributed by atoms with Gasteiger partial charge in [-0.15, -0.1) is 0 Å². The van der Waals surface area contributed by atoms with Gasteiger partial charge in [0.05, 0.1) is 12.8 Å². The fraction of sp³-hybridized carbons (Fsp3) is 0.150. The van der Waals surface area contributed by atoms with Gasteiger partial charge in [0.25, 0.3) is 0 Å². The van der Waals surface area contributed by atoms with Gasteiger partial charge in [-0.1, -0.05) is 17.7 Å². The molecule has 0 bridgehead atoms. The van der Waals surface area contributed by atoms with Gasteiger partial charge >= 0.3 is 0 Å². The summed E-state index contributed by atoms with van der Waals surface area (Å²) < 4.78 is 5.12. The minimum atomic E-state index is 0.0332. The van der Waals surface area contributed by atoms with Crippen LogP contribution in [0.1, 0.15) is 27.2 Å². The molecule has 0 saturated carbocycles. The highest BCUT2D eigenvalue weighted by molar-refractivity contribution is 6.17. The summed E-state index contributed by atoms with van der Waals surface area (Å²) in [5.74, 6) is 0.518. The van der Waals surface area contributed by atoms with E-state index in [0.29, 0.717) is 17.9 Å². The monoisotopic (exact) mass is 319 g/mol. The molecule has 0 aliphatic heterocycles. The van der Waals surface area contributed by atoms with Crippen LogP contribution in [0.4, 0.5) is 0 Å². The molecule has 3 aromatic rings. The zero-order chi connectivity index (χ0) is 16.8. The third-order valence-electron chi connectivity index (χ3n) is 4.49. The fourth-order valence-electron chi connectivity index (χ4n) is 3.27. The molecule has 0 spiro atoms. The van der Waals surface area contributed by atoms with Gasteiger partial charge in [0.15, 0.2) is 11.5 Å². The van der Waals surface area contributed by atoms with E-state index in [4.69, 9.17) is 4.74 Å². The molecule has 4 rings (SSSR count). The summed E-state index contributed by atoms with van der Waals surface area (Å²) in [6.45, 7) is 2.05. The number of benzene rings is 2. The number of ether oxygens (including phenoxy) is 1. The molecular weight excluding hydrogens is 302 g/mol. The molecule has 0 amide bonds. The number of Topliss-reactive ketones (excluding diaryl/α,β-unsaturated/α-hetero) is 1. The van der Waals surface area contributed by atoms with Crippen molar-refractivity contribution in [3.05, 3.63) is 64.4 Å². The summed E-state index contributed by atoms with van der Waals surface area (Å²) in [4.78, 5) is 15.9. The van der Waals surface area contributed by atoms with Crippen LogP contribution < -0.4 is 4.74 Å². The molecule has 1 aliphatic rings. The maximum absolute atomic E-state index is 12.7. The average Bonchev–Trinajstić information content (AvgIpc) is 3.07. The van der Waals surface area contributed by atoms with Crippen LogP contribution in [-0.2, 0) is 6.42 Å². The molecule has 0 saturated heterocycles. The number of allylic oxidation sites excluding steroid dienone is 1. The van der Waals surface area contributed by atoms with Gasteiger partial charge in [0, 0.05) is 22.9 Å². The lowest BCUT2D eigenvalue weighted by atomic mass is 10.1. The van der Waals surface area contributed by atoms with E-state index < -0.39 is 0 Å². The van der Waals surface area contributed by atoms with E-state index in [2.05, 4.69) is 18.0 Å². The summed E-state index contributed by atoms with van der Waals surface area (Å²) >= 11 is 0. The molecule has 1 aromatic heterocycles. The quantitative estimate of drug-likeness (QED) is 0.701. The number of methoxy groups -OCH3 is 1. The second-order valence-corrected chi connectivity index (χ2v) is 6.13. The van der Waals surface area contributed by atoms with Crippen molar-refractivity contribution >= 4 is 22.8 Å². The number of aromatic amines is 1. The van der Waals surface area contributed by atoms with Crippen LogP contribution >= 0.6 is 0 Å². The van der Waals surface area contributed by atoms with Gasteiger partial charge < -0.3 is 14.8 Å². The van der Waals surface area contributed by atoms with Crippen molar-refractivity contribution in [2.24, 2.45) is 0 Å². The largest absolute Gasteiger partial charge is 0.504 e. The summed E-state index contributed by atoms with van der Waals surface area (Å²) in [6.07, 6.45) is 2.47. The predicted molar refractivity (Wildman–Crippen MR) is 93.7 cm³/mol. The second-order valence-electron chi connectivity index (χ2n) is 6.13. The highest BCUT2D eigenvalue weighted by Gasteiger charge is 2.28. The third-order valence-corrected chi connectivity index (χ3v) is 4.49. The van der Waals surface area contributed by atoms with E-state index in [-0.39, 0.29) is 11.5 Å². The van der Waals surface area contributed by atoms with Crippen LogP contribution in [0.2, 0.25) is 0 Å². The fourth-order valence-corrected chi connectivity index (χ4v) is 3.27. The first kappa shape index (κ1) is 14.6. The lowest BCUT2D eigenvalue weighted by Crippen LogP contribution is -1.97. The Balaban J connectivity index is 1.76. The van der Waals surface area contributed by atoms with Crippen LogP contribution in [0, 0.1) is 6.92 Å². The van der Waals surface area contributed by atoms with Gasteiger partial charge in [-0.05, 0) is 48.4 Å². The molecule has 0 fully saturated rings. The van der Waals surface area contributed by atoms with E-state index in [1.807, 2.05) is 18.2 Å². The highest BCUT2D eigenvalue weighted by Crippen LogP contribution is 2.35. The van der Waals surface area contributed by atoms with Crippen LogP contribution in [0.5, 0.6) is 11.5 Å². The topological polar surface area (TPSA) is 62.3 Å². The first-order valence-electron chi connectivity index (χ1n) is 7.80. The van der Waals surface area contributed by atoms with E-state index in [0.717, 1.165) is 27.6 Å². The average molecular weight is 319 g/mol. The van der Waals surface area contributed by atoms with Crippen molar-refractivity contribution in [1.82, 2.24) is 4.98 Å². The van der Waals surface area contributed by atoms with E-state index in [1.165, 1.54) is 12.7 Å². The Hall–Kier alpha value is -3.01. The lowest BCUT2D eigenvalue weighted by Gasteiger charge is -2.04. The number of hydrogen-bond acceptors (Lipinski definition) is 3. The summed E-state index contributed by atoms with van der Waals surface area (Å²) in [5.41, 5.74) is 5.51. The summed E-state index contributed by atoms with van der Waals surface area (Å²) in [5, 5.41) is 10.8. The van der Waals surface area contributed by atoms with Crippen LogP contribution in [-0.4, -0.2) is 23.0 Å². The van der Waals surface area contributed by atoms with Crippen LogP contribution in [0.3, 0.4) is 0 Å². The van der Waals surface area contributed by atoms with Crippen molar-refractivity contribution < 1.29 is 14.6 Å². The Morgan fingerprint density at radius 2 is 2.04 bits per heavy atom. The Bertz CT molecular complexity index is 1010. The number of hydrogen-bond donors (Lipinski definition) is 2. The molecule has 1 aliphatic carbocycles. The van der Waals surface area contributed by atoms with Gasteiger partial charge in [0.2, 0.25) is 5.78 Å². The summed E-state index contributed by atoms with van der Waals surface area (Å²) in [6, 6.07) is 11.2. The Morgan fingerprint density at radius 1 is 1.21 bits per heavy atom.